The van der Waals surface area contributed by atoms with E-state index in [1.54, 1.807) is 50.5 Å². The van der Waals surface area contributed by atoms with Crippen LogP contribution in [0.4, 0.5) is 0 Å². The van der Waals surface area contributed by atoms with Crippen LogP contribution in [-0.4, -0.2) is 53.2 Å². The second-order valence-corrected chi connectivity index (χ2v) is 8.20. The second kappa shape index (κ2) is 10.5. The topological polar surface area (TPSA) is 99.7 Å². The van der Waals surface area contributed by atoms with Crippen molar-refractivity contribution in [1.82, 2.24) is 16.0 Å². The molecular weight excluding hydrogens is 376 g/mol. The number of hydrogen-bond donors (Lipinski definition) is 3. The number of nitrogens with one attached hydrogen (secondary N) is 3. The summed E-state index contributed by atoms with van der Waals surface area (Å²) in [5, 5.41) is 8.77. The van der Waals surface area contributed by atoms with Gasteiger partial charge < -0.3 is 16.0 Å². The normalized spacial score (nSPS) is 11.7. The molecule has 0 fully saturated rings. The van der Waals surface area contributed by atoms with Crippen LogP contribution < -0.4 is 16.0 Å². The lowest BCUT2D eigenvalue weighted by molar-refractivity contribution is 0.0963. The Balaban J connectivity index is 1.80. The summed E-state index contributed by atoms with van der Waals surface area (Å²) in [6.45, 7) is 0.853. The van der Waals surface area contributed by atoms with Gasteiger partial charge in [-0.15, -0.1) is 0 Å². The van der Waals surface area contributed by atoms with Gasteiger partial charge in [0.05, 0.1) is 10.6 Å². The Morgan fingerprint density at radius 2 is 1.71 bits per heavy atom. The van der Waals surface area contributed by atoms with Crippen molar-refractivity contribution < 1.29 is 13.2 Å². The lowest BCUT2D eigenvalue weighted by atomic mass is 10.1. The quantitative estimate of drug-likeness (QED) is 0.456. The molecule has 0 bridgehead atoms. The summed E-state index contributed by atoms with van der Waals surface area (Å²) in [5.74, 6) is 0.393. The van der Waals surface area contributed by atoms with E-state index in [0.717, 1.165) is 5.56 Å². The van der Waals surface area contributed by atoms with Crippen LogP contribution in [0.5, 0.6) is 0 Å². The van der Waals surface area contributed by atoms with Gasteiger partial charge in [-0.05, 0) is 36.2 Å². The monoisotopic (exact) mass is 402 g/mol. The van der Waals surface area contributed by atoms with Crippen LogP contribution in [0.3, 0.4) is 0 Å². The Kier molecular flexibility index (Phi) is 8.01. The minimum Gasteiger partial charge on any atom is -0.356 e. The van der Waals surface area contributed by atoms with Crippen LogP contribution in [0.2, 0.25) is 0 Å². The van der Waals surface area contributed by atoms with E-state index in [9.17, 15) is 13.2 Å². The van der Waals surface area contributed by atoms with Gasteiger partial charge in [-0.2, -0.15) is 0 Å². The molecule has 0 radical (unpaired) electrons. The van der Waals surface area contributed by atoms with Crippen molar-refractivity contribution in [3.63, 3.8) is 0 Å². The Morgan fingerprint density at radius 3 is 2.39 bits per heavy atom. The van der Waals surface area contributed by atoms with Gasteiger partial charge in [0.15, 0.2) is 15.8 Å². The van der Waals surface area contributed by atoms with Gasteiger partial charge in [0.1, 0.15) is 0 Å². The number of carbonyl (C=O) groups is 1. The molecule has 0 aliphatic rings. The Morgan fingerprint density at radius 1 is 1.00 bits per heavy atom. The number of benzene rings is 2. The number of sulfone groups is 1. The first kappa shape index (κ1) is 21.4. The second-order valence-electron chi connectivity index (χ2n) is 6.09. The summed E-state index contributed by atoms with van der Waals surface area (Å²) in [6, 6.07) is 15.8. The molecule has 7 nitrogen and oxygen atoms in total. The zero-order valence-corrected chi connectivity index (χ0v) is 16.9. The molecule has 0 saturated carbocycles. The third-order valence-electron chi connectivity index (χ3n) is 4.11. The van der Waals surface area contributed by atoms with Gasteiger partial charge >= 0.3 is 0 Å². The number of carbonyl (C=O) groups excluding carboxylic acids is 1. The van der Waals surface area contributed by atoms with E-state index < -0.39 is 9.84 Å². The van der Waals surface area contributed by atoms with E-state index in [1.807, 2.05) is 18.2 Å². The number of guanidine groups is 1. The van der Waals surface area contributed by atoms with E-state index in [1.165, 1.54) is 0 Å². The lowest BCUT2D eigenvalue weighted by Gasteiger charge is -2.12. The zero-order valence-electron chi connectivity index (χ0n) is 16.1. The number of hydrogen-bond acceptors (Lipinski definition) is 4. The largest absolute Gasteiger partial charge is 0.356 e. The summed E-state index contributed by atoms with van der Waals surface area (Å²) >= 11 is 0. The predicted octanol–water partition coefficient (Wildman–Crippen LogP) is 1.23. The van der Waals surface area contributed by atoms with Gasteiger partial charge in [-0.3, -0.25) is 9.79 Å². The van der Waals surface area contributed by atoms with Crippen LogP contribution in [0, 0.1) is 0 Å². The van der Waals surface area contributed by atoms with Gasteiger partial charge in [0, 0.05) is 32.7 Å². The first-order valence-corrected chi connectivity index (χ1v) is 10.6. The first-order valence-electron chi connectivity index (χ1n) is 8.99. The van der Waals surface area contributed by atoms with Gasteiger partial charge in [0.25, 0.3) is 5.91 Å². The van der Waals surface area contributed by atoms with E-state index in [0.29, 0.717) is 29.4 Å². The smallest absolute Gasteiger partial charge is 0.251 e. The molecule has 0 saturated heterocycles. The molecule has 2 rings (SSSR count). The Hall–Kier alpha value is -2.87. The number of amides is 1. The van der Waals surface area contributed by atoms with Crippen molar-refractivity contribution in [3.05, 3.63) is 65.7 Å². The summed E-state index contributed by atoms with van der Waals surface area (Å²) in [7, 11) is -0.0927. The molecule has 0 aliphatic heterocycles. The van der Waals surface area contributed by atoms with Crippen molar-refractivity contribution in [1.29, 1.82) is 0 Å². The molecule has 3 N–H and O–H groups in total. The van der Waals surface area contributed by atoms with Crippen molar-refractivity contribution >= 4 is 21.7 Å². The highest BCUT2D eigenvalue weighted by atomic mass is 32.2. The minimum absolute atomic E-state index is 0.0219. The average Bonchev–Trinajstić information content (AvgIpc) is 2.72. The third kappa shape index (κ3) is 6.38. The van der Waals surface area contributed by atoms with Crippen LogP contribution in [0.25, 0.3) is 0 Å². The van der Waals surface area contributed by atoms with Gasteiger partial charge in [-0.1, -0.05) is 30.3 Å². The van der Waals surface area contributed by atoms with Crippen molar-refractivity contribution in [2.75, 3.05) is 32.9 Å². The molecule has 0 heterocycles. The fourth-order valence-corrected chi connectivity index (χ4v) is 3.79. The maximum absolute atomic E-state index is 12.3. The third-order valence-corrected chi connectivity index (χ3v) is 5.84. The van der Waals surface area contributed by atoms with Crippen molar-refractivity contribution in [3.8, 4) is 0 Å². The fraction of sp³-hybridized carbons (Fsp3) is 0.300. The Bertz CT molecular complexity index is 912. The molecule has 150 valence electrons. The van der Waals surface area contributed by atoms with Crippen molar-refractivity contribution in [2.24, 2.45) is 4.99 Å². The highest BCUT2D eigenvalue weighted by molar-refractivity contribution is 7.91. The minimum atomic E-state index is -3.33. The first-order chi connectivity index (χ1) is 13.5. The van der Waals surface area contributed by atoms with Crippen LogP contribution in [-0.2, 0) is 16.3 Å². The SMILES string of the molecule is CN=C(NCCc1cccc(C(=O)NC)c1)NCCS(=O)(=O)c1ccccc1. The molecular formula is C20H26N4O3S. The molecule has 0 aliphatic carbocycles. The number of rotatable bonds is 8. The fourth-order valence-electron chi connectivity index (χ4n) is 2.61. The molecule has 0 unspecified atom stereocenters. The molecule has 1 amide bonds. The molecule has 8 heteroatoms. The predicted molar refractivity (Wildman–Crippen MR) is 111 cm³/mol. The summed E-state index contributed by atoms with van der Waals surface area (Å²) in [5.41, 5.74) is 1.64. The van der Waals surface area contributed by atoms with Crippen LogP contribution >= 0.6 is 0 Å². The van der Waals surface area contributed by atoms with Crippen molar-refractivity contribution in [2.45, 2.75) is 11.3 Å². The molecule has 0 spiro atoms. The lowest BCUT2D eigenvalue weighted by Crippen LogP contribution is -2.40. The van der Waals surface area contributed by atoms with Gasteiger partial charge in [-0.25, -0.2) is 8.42 Å². The molecule has 0 atom stereocenters. The summed E-state index contributed by atoms with van der Waals surface area (Å²) < 4.78 is 24.6. The van der Waals surface area contributed by atoms with E-state index >= 15 is 0 Å². The van der Waals surface area contributed by atoms with Crippen LogP contribution in [0.15, 0.2) is 64.5 Å². The standard InChI is InChI=1S/C20H26N4O3S/c1-21-19(25)17-8-6-7-16(15-17)11-12-23-20(22-2)24-13-14-28(26,27)18-9-4-3-5-10-18/h3-10,15H,11-14H2,1-2H3,(H,21,25)(H2,22,23,24). The highest BCUT2D eigenvalue weighted by Crippen LogP contribution is 2.09. The summed E-state index contributed by atoms with van der Waals surface area (Å²) in [6.07, 6.45) is 0.702. The van der Waals surface area contributed by atoms with E-state index in [4.69, 9.17) is 0 Å². The number of nitrogens with zero attached hydrogens (tertiary/aromatic N) is 1. The Labute approximate surface area is 166 Å². The van der Waals surface area contributed by atoms with E-state index in [2.05, 4.69) is 20.9 Å². The molecule has 28 heavy (non-hydrogen) atoms. The van der Waals surface area contributed by atoms with E-state index in [-0.39, 0.29) is 18.2 Å². The molecule has 2 aromatic rings. The highest BCUT2D eigenvalue weighted by Gasteiger charge is 2.13. The maximum atomic E-state index is 12.3. The maximum Gasteiger partial charge on any atom is 0.251 e. The zero-order chi connectivity index (χ0) is 20.4. The van der Waals surface area contributed by atoms with Crippen LogP contribution in [0.1, 0.15) is 15.9 Å². The average molecular weight is 403 g/mol. The molecule has 0 aromatic heterocycles. The van der Waals surface area contributed by atoms with Gasteiger partial charge in [0.2, 0.25) is 0 Å². The molecule has 2 aromatic carbocycles. The summed E-state index contributed by atoms with van der Waals surface area (Å²) in [4.78, 5) is 16.1. The number of aliphatic imine (C=N–C) groups is 1.